The van der Waals surface area contributed by atoms with Gasteiger partial charge in [0.15, 0.2) is 5.61 Å². The molecular weight excluding hydrogens is 389 g/mol. The van der Waals surface area contributed by atoms with E-state index in [1.54, 1.807) is 22.8 Å². The fourth-order valence-electron chi connectivity index (χ4n) is 0.932. The first-order chi connectivity index (χ1) is 7.24. The van der Waals surface area contributed by atoms with Crippen molar-refractivity contribution in [1.82, 2.24) is 0 Å². The van der Waals surface area contributed by atoms with Crippen LogP contribution in [0.3, 0.4) is 0 Å². The van der Waals surface area contributed by atoms with Gasteiger partial charge in [-0.15, -0.1) is 0 Å². The molecule has 96 valence electrons. The quantitative estimate of drug-likeness (QED) is 0.446. The van der Waals surface area contributed by atoms with Crippen molar-refractivity contribution in [2.75, 3.05) is 11.5 Å². The zero-order valence-corrected chi connectivity index (χ0v) is 15.8. The Morgan fingerprint density at radius 1 is 0.812 bits per heavy atom. The standard InChI is InChI=1S/C4H10Cl4N3P3S2/c1-3-15-14(16-4-2)10-12(5,6)9-13(7,8)11-14/h3-4H2,1-2H3. The van der Waals surface area contributed by atoms with E-state index in [4.69, 9.17) is 45.0 Å². The van der Waals surface area contributed by atoms with Gasteiger partial charge in [0.1, 0.15) is 0 Å². The summed E-state index contributed by atoms with van der Waals surface area (Å²) in [5.41, 5.74) is -2.07. The van der Waals surface area contributed by atoms with Crippen LogP contribution in [-0.2, 0) is 0 Å². The van der Waals surface area contributed by atoms with E-state index in [1.807, 2.05) is 13.8 Å². The Labute approximate surface area is 123 Å². The van der Waals surface area contributed by atoms with Crippen molar-refractivity contribution in [3.8, 4) is 0 Å². The normalized spacial score (nSPS) is 25.1. The lowest BCUT2D eigenvalue weighted by Gasteiger charge is -2.24. The maximum atomic E-state index is 6.06. The fraction of sp³-hybridized carbons (Fsp3) is 1.00. The van der Waals surface area contributed by atoms with Crippen LogP contribution in [0.2, 0.25) is 0 Å². The summed E-state index contributed by atoms with van der Waals surface area (Å²) in [4.78, 5) is 0. The molecule has 0 unspecified atom stereocenters. The molecule has 1 aliphatic heterocycles. The second-order valence-electron chi connectivity index (χ2n) is 2.51. The number of hydrogen-bond donors (Lipinski definition) is 0. The highest BCUT2D eigenvalue weighted by Gasteiger charge is 2.33. The Morgan fingerprint density at radius 3 is 1.62 bits per heavy atom. The minimum atomic E-state index is -2.75. The first-order valence-electron chi connectivity index (χ1n) is 4.23. The number of hydrogen-bond acceptors (Lipinski definition) is 5. The van der Waals surface area contributed by atoms with E-state index >= 15 is 0 Å². The number of nitrogens with zero attached hydrogens (tertiary/aromatic N) is 3. The van der Waals surface area contributed by atoms with Crippen LogP contribution < -0.4 is 0 Å². The third-order valence-electron chi connectivity index (χ3n) is 1.25. The van der Waals surface area contributed by atoms with Gasteiger partial charge in [-0.05, 0) is 56.5 Å². The van der Waals surface area contributed by atoms with Gasteiger partial charge >= 0.3 is 0 Å². The predicted octanol–water partition coefficient (Wildman–Crippen LogP) is 8.30. The second kappa shape index (κ2) is 6.33. The van der Waals surface area contributed by atoms with Crippen LogP contribution in [-0.4, -0.2) is 11.5 Å². The van der Waals surface area contributed by atoms with Crippen LogP contribution in [0, 0.1) is 0 Å². The molecule has 0 aromatic carbocycles. The molecule has 0 fully saturated rings. The minimum Gasteiger partial charge on any atom is -0.193 e. The molecular formula is C4H10Cl4N3P3S2. The summed E-state index contributed by atoms with van der Waals surface area (Å²) in [6, 6.07) is 0. The molecule has 3 nitrogen and oxygen atoms in total. The highest BCUT2D eigenvalue weighted by molar-refractivity contribution is 8.91. The van der Waals surface area contributed by atoms with Gasteiger partial charge in [0.05, 0.1) is 0 Å². The highest BCUT2D eigenvalue weighted by atomic mass is 35.9. The molecule has 0 bridgehead atoms. The molecule has 0 aliphatic carbocycles. The molecule has 16 heavy (non-hydrogen) atoms. The minimum absolute atomic E-state index is 0.870. The summed E-state index contributed by atoms with van der Waals surface area (Å²) < 4.78 is 12.8. The zero-order valence-electron chi connectivity index (χ0n) is 8.43. The molecule has 1 heterocycles. The van der Waals surface area contributed by atoms with Gasteiger partial charge in [-0.1, -0.05) is 36.6 Å². The predicted molar refractivity (Wildman–Crippen MR) is 87.7 cm³/mol. The van der Waals surface area contributed by atoms with E-state index in [1.165, 1.54) is 0 Å². The lowest BCUT2D eigenvalue weighted by Crippen LogP contribution is -1.75. The topological polar surface area (TPSA) is 37.1 Å². The van der Waals surface area contributed by atoms with E-state index < -0.39 is 17.4 Å². The van der Waals surface area contributed by atoms with Gasteiger partial charge in [0.25, 0.3) is 11.8 Å². The van der Waals surface area contributed by atoms with Crippen molar-refractivity contribution < 1.29 is 0 Å². The smallest absolute Gasteiger partial charge is 0.193 e. The van der Waals surface area contributed by atoms with Crippen LogP contribution in [0.15, 0.2) is 13.5 Å². The highest BCUT2D eigenvalue weighted by Crippen LogP contribution is 2.91. The molecule has 0 N–H and O–H groups in total. The fourth-order valence-corrected chi connectivity index (χ4v) is 28.8. The lowest BCUT2D eigenvalue weighted by atomic mass is 11.0. The third kappa shape index (κ3) is 4.91. The van der Waals surface area contributed by atoms with Gasteiger partial charge in [-0.2, -0.15) is 13.5 Å². The van der Waals surface area contributed by atoms with Crippen LogP contribution in [0.4, 0.5) is 0 Å². The summed E-state index contributed by atoms with van der Waals surface area (Å²) in [6.07, 6.45) is 0. The Kier molecular flexibility index (Phi) is 6.57. The summed E-state index contributed by atoms with van der Waals surface area (Å²) in [5.74, 6) is -3.75. The van der Waals surface area contributed by atoms with Crippen molar-refractivity contribution in [3.63, 3.8) is 0 Å². The molecule has 0 saturated heterocycles. The molecule has 0 aromatic rings. The van der Waals surface area contributed by atoms with Crippen molar-refractivity contribution in [2.24, 2.45) is 13.5 Å². The van der Waals surface area contributed by atoms with Crippen molar-refractivity contribution in [1.29, 1.82) is 0 Å². The molecule has 12 heteroatoms. The first-order valence-corrected chi connectivity index (χ1v) is 16.1. The molecule has 0 atom stereocenters. The Bertz CT molecular complexity index is 409. The SMILES string of the molecule is CCSP1(SCC)=NP(Cl)(Cl)=NP(Cl)(Cl)=N1. The maximum absolute atomic E-state index is 6.06. The summed E-state index contributed by atoms with van der Waals surface area (Å²) in [7, 11) is 0. The second-order valence-corrected chi connectivity index (χ2v) is 21.1. The van der Waals surface area contributed by atoms with E-state index in [0.29, 0.717) is 0 Å². The molecule has 0 aromatic heterocycles. The van der Waals surface area contributed by atoms with Gasteiger partial charge in [0, 0.05) is 0 Å². The lowest BCUT2D eigenvalue weighted by molar-refractivity contribution is 1.54. The molecule has 1 rings (SSSR count). The average molecular weight is 399 g/mol. The molecule has 0 amide bonds. The van der Waals surface area contributed by atoms with Gasteiger partial charge in [-0.25, -0.2) is 0 Å². The summed E-state index contributed by atoms with van der Waals surface area (Å²) >= 11 is 27.5. The van der Waals surface area contributed by atoms with Gasteiger partial charge in [-0.3, -0.25) is 0 Å². The monoisotopic (exact) mass is 397 g/mol. The van der Waals surface area contributed by atoms with Gasteiger partial charge < -0.3 is 0 Å². The van der Waals surface area contributed by atoms with Crippen LogP contribution >= 0.6 is 85.2 Å². The van der Waals surface area contributed by atoms with E-state index in [2.05, 4.69) is 13.5 Å². The summed E-state index contributed by atoms with van der Waals surface area (Å²) in [6.45, 7) is 4.06. The van der Waals surface area contributed by atoms with Crippen molar-refractivity contribution >= 4 is 85.2 Å². The summed E-state index contributed by atoms with van der Waals surface area (Å²) in [5, 5.41) is 0. The van der Waals surface area contributed by atoms with E-state index in [-0.39, 0.29) is 0 Å². The number of rotatable bonds is 4. The molecule has 0 saturated carbocycles. The maximum Gasteiger partial charge on any atom is 0.257 e. The molecule has 0 radical (unpaired) electrons. The van der Waals surface area contributed by atoms with E-state index in [9.17, 15) is 0 Å². The largest absolute Gasteiger partial charge is 0.257 e. The average Bonchev–Trinajstić information content (AvgIpc) is 1.97. The molecule has 0 spiro atoms. The van der Waals surface area contributed by atoms with Crippen molar-refractivity contribution in [2.45, 2.75) is 13.8 Å². The Morgan fingerprint density at radius 2 is 1.25 bits per heavy atom. The van der Waals surface area contributed by atoms with Crippen LogP contribution in [0.25, 0.3) is 0 Å². The Balaban J connectivity index is 3.36. The Hall–Kier alpha value is 2.55. The van der Waals surface area contributed by atoms with Crippen molar-refractivity contribution in [3.05, 3.63) is 0 Å². The number of halogens is 4. The third-order valence-corrected chi connectivity index (χ3v) is 20.7. The van der Waals surface area contributed by atoms with Crippen LogP contribution in [0.1, 0.15) is 13.8 Å². The zero-order chi connectivity index (χ0) is 12.4. The van der Waals surface area contributed by atoms with E-state index in [0.717, 1.165) is 11.5 Å². The van der Waals surface area contributed by atoms with Crippen LogP contribution in [0.5, 0.6) is 0 Å². The van der Waals surface area contributed by atoms with Gasteiger partial charge in [0.2, 0.25) is 0 Å². The molecule has 1 aliphatic rings. The first kappa shape index (κ1) is 16.6.